The van der Waals surface area contributed by atoms with Crippen LogP contribution in [-0.4, -0.2) is 65.6 Å². The molecule has 1 aromatic rings. The van der Waals surface area contributed by atoms with E-state index in [1.165, 1.54) is 0 Å². The highest BCUT2D eigenvalue weighted by Crippen LogP contribution is 2.20. The van der Waals surface area contributed by atoms with Crippen LogP contribution in [0, 0.1) is 0 Å². The number of imide groups is 1. The molecule has 0 bridgehead atoms. The smallest absolute Gasteiger partial charge is 0.410 e. The van der Waals surface area contributed by atoms with Gasteiger partial charge in [-0.3, -0.25) is 14.9 Å². The summed E-state index contributed by atoms with van der Waals surface area (Å²) in [7, 11) is 0. The maximum atomic E-state index is 12.1. The van der Waals surface area contributed by atoms with Crippen LogP contribution in [0.25, 0.3) is 0 Å². The van der Waals surface area contributed by atoms with Crippen LogP contribution < -0.4 is 15.5 Å². The van der Waals surface area contributed by atoms with E-state index < -0.39 is 11.6 Å². The molecule has 28 heavy (non-hydrogen) atoms. The van der Waals surface area contributed by atoms with Crippen LogP contribution in [0.15, 0.2) is 18.3 Å². The number of aromatic nitrogens is 1. The van der Waals surface area contributed by atoms with Crippen LogP contribution in [0.4, 0.5) is 16.3 Å². The molecule has 0 aliphatic carbocycles. The van der Waals surface area contributed by atoms with Gasteiger partial charge in [-0.1, -0.05) is 0 Å². The Morgan fingerprint density at radius 3 is 2.50 bits per heavy atom. The van der Waals surface area contributed by atoms with Crippen LogP contribution in [0.3, 0.4) is 0 Å². The highest BCUT2D eigenvalue weighted by atomic mass is 16.6. The third kappa shape index (κ3) is 5.11. The molecule has 9 heteroatoms. The second-order valence-electron chi connectivity index (χ2n) is 8.00. The summed E-state index contributed by atoms with van der Waals surface area (Å²) in [5.41, 5.74) is 0.460. The van der Waals surface area contributed by atoms with E-state index in [2.05, 4.69) is 20.5 Å². The molecule has 1 aromatic heterocycles. The molecule has 0 spiro atoms. The summed E-state index contributed by atoms with van der Waals surface area (Å²) in [5, 5.41) is 5.38. The first-order valence-electron chi connectivity index (χ1n) is 9.50. The molecule has 2 fully saturated rings. The van der Waals surface area contributed by atoms with Crippen LogP contribution in [0.2, 0.25) is 0 Å². The van der Waals surface area contributed by atoms with E-state index in [-0.39, 0.29) is 17.9 Å². The molecule has 3 heterocycles. The zero-order valence-electron chi connectivity index (χ0n) is 16.5. The topological polar surface area (TPSA) is 104 Å². The van der Waals surface area contributed by atoms with Crippen molar-refractivity contribution in [3.8, 4) is 0 Å². The summed E-state index contributed by atoms with van der Waals surface area (Å²) in [6.45, 7) is 8.14. The monoisotopic (exact) mass is 389 g/mol. The van der Waals surface area contributed by atoms with Crippen molar-refractivity contribution < 1.29 is 19.1 Å². The molecule has 3 amide bonds. The second kappa shape index (κ2) is 8.04. The normalized spacial score (nSPS) is 20.6. The maximum Gasteiger partial charge on any atom is 0.410 e. The van der Waals surface area contributed by atoms with E-state index >= 15 is 0 Å². The quantitative estimate of drug-likeness (QED) is 0.752. The standard InChI is InChI=1S/C19H27N5O4/c1-19(2,3)28-18(27)24-10-8-23(9-11-24)13-4-6-15(20-12-13)21-14-5-7-16(25)22-17(14)26/h4,6,12,14H,5,7-11H2,1-3H3,(H,20,21)(H,22,25,26). The summed E-state index contributed by atoms with van der Waals surface area (Å²) in [4.78, 5) is 43.4. The average molecular weight is 389 g/mol. The van der Waals surface area contributed by atoms with Crippen molar-refractivity contribution in [1.82, 2.24) is 15.2 Å². The van der Waals surface area contributed by atoms with Crippen molar-refractivity contribution in [2.75, 3.05) is 36.4 Å². The maximum absolute atomic E-state index is 12.1. The zero-order chi connectivity index (χ0) is 20.3. The first-order valence-corrected chi connectivity index (χ1v) is 9.50. The van der Waals surface area contributed by atoms with Gasteiger partial charge >= 0.3 is 6.09 Å². The van der Waals surface area contributed by atoms with E-state index in [4.69, 9.17) is 4.74 Å². The Morgan fingerprint density at radius 2 is 1.93 bits per heavy atom. The molecular weight excluding hydrogens is 362 g/mol. The lowest BCUT2D eigenvalue weighted by Crippen LogP contribution is -2.50. The minimum atomic E-state index is -0.497. The lowest BCUT2D eigenvalue weighted by Gasteiger charge is -2.36. The number of hydrogen-bond donors (Lipinski definition) is 2. The average Bonchev–Trinajstić information content (AvgIpc) is 2.63. The molecular formula is C19H27N5O4. The highest BCUT2D eigenvalue weighted by Gasteiger charge is 2.27. The van der Waals surface area contributed by atoms with Crippen molar-refractivity contribution in [3.05, 3.63) is 18.3 Å². The summed E-state index contributed by atoms with van der Waals surface area (Å²) < 4.78 is 5.42. The van der Waals surface area contributed by atoms with Gasteiger partial charge in [0.15, 0.2) is 0 Å². The van der Waals surface area contributed by atoms with Crippen LogP contribution in [0.1, 0.15) is 33.6 Å². The number of piperidine rings is 1. The van der Waals surface area contributed by atoms with Crippen molar-refractivity contribution >= 4 is 29.4 Å². The van der Waals surface area contributed by atoms with E-state index in [0.717, 1.165) is 5.69 Å². The summed E-state index contributed by atoms with van der Waals surface area (Å²) >= 11 is 0. The number of piperazine rings is 1. The fourth-order valence-electron chi connectivity index (χ4n) is 3.14. The number of nitrogens with one attached hydrogen (secondary N) is 2. The Hall–Kier alpha value is -2.84. The predicted molar refractivity (Wildman–Crippen MR) is 104 cm³/mol. The van der Waals surface area contributed by atoms with Crippen LogP contribution in [0.5, 0.6) is 0 Å². The van der Waals surface area contributed by atoms with Gasteiger partial charge in [0.2, 0.25) is 11.8 Å². The van der Waals surface area contributed by atoms with Crippen molar-refractivity contribution in [2.24, 2.45) is 0 Å². The number of hydrogen-bond acceptors (Lipinski definition) is 7. The summed E-state index contributed by atoms with van der Waals surface area (Å²) in [6, 6.07) is 3.30. The van der Waals surface area contributed by atoms with Gasteiger partial charge in [-0.05, 0) is 39.3 Å². The van der Waals surface area contributed by atoms with Gasteiger partial charge in [0.1, 0.15) is 17.5 Å². The minimum Gasteiger partial charge on any atom is -0.444 e. The highest BCUT2D eigenvalue weighted by molar-refractivity contribution is 6.01. The van der Waals surface area contributed by atoms with Crippen molar-refractivity contribution in [2.45, 2.75) is 45.3 Å². The third-order valence-electron chi connectivity index (χ3n) is 4.61. The first kappa shape index (κ1) is 19.9. The number of carbonyl (C=O) groups is 3. The Balaban J connectivity index is 1.51. The number of rotatable bonds is 3. The minimum absolute atomic E-state index is 0.239. The Labute approximate surface area is 164 Å². The Bertz CT molecular complexity index is 736. The number of anilines is 2. The Kier molecular flexibility index (Phi) is 5.71. The van der Waals surface area contributed by atoms with E-state index in [0.29, 0.717) is 44.8 Å². The molecule has 0 aromatic carbocycles. The molecule has 2 aliphatic rings. The van der Waals surface area contributed by atoms with Gasteiger partial charge in [0, 0.05) is 32.6 Å². The molecule has 1 atom stereocenters. The molecule has 0 saturated carbocycles. The molecule has 2 saturated heterocycles. The largest absolute Gasteiger partial charge is 0.444 e. The number of carbonyl (C=O) groups excluding carboxylic acids is 3. The molecule has 2 aliphatic heterocycles. The first-order chi connectivity index (χ1) is 13.2. The third-order valence-corrected chi connectivity index (χ3v) is 4.61. The van der Waals surface area contributed by atoms with Gasteiger partial charge in [-0.25, -0.2) is 9.78 Å². The lowest BCUT2D eigenvalue weighted by molar-refractivity contribution is -0.133. The van der Waals surface area contributed by atoms with Gasteiger partial charge in [-0.2, -0.15) is 0 Å². The molecule has 3 rings (SSSR count). The number of pyridine rings is 1. The molecule has 152 valence electrons. The number of ether oxygens (including phenoxy) is 1. The SMILES string of the molecule is CC(C)(C)OC(=O)N1CCN(c2ccc(NC3CCC(=O)NC3=O)nc2)CC1. The van der Waals surface area contributed by atoms with E-state index in [9.17, 15) is 14.4 Å². The Morgan fingerprint density at radius 1 is 1.21 bits per heavy atom. The molecule has 1 unspecified atom stereocenters. The molecule has 9 nitrogen and oxygen atoms in total. The van der Waals surface area contributed by atoms with Gasteiger partial charge in [0.05, 0.1) is 11.9 Å². The second-order valence-corrected chi connectivity index (χ2v) is 8.00. The predicted octanol–water partition coefficient (Wildman–Crippen LogP) is 1.36. The van der Waals surface area contributed by atoms with Crippen LogP contribution >= 0.6 is 0 Å². The van der Waals surface area contributed by atoms with Gasteiger partial charge in [0.25, 0.3) is 0 Å². The van der Waals surface area contributed by atoms with E-state index in [1.54, 1.807) is 11.1 Å². The molecule has 2 N–H and O–H groups in total. The molecule has 0 radical (unpaired) electrons. The number of nitrogens with zero attached hydrogens (tertiary/aromatic N) is 3. The van der Waals surface area contributed by atoms with Gasteiger partial charge < -0.3 is 19.9 Å². The number of amides is 3. The van der Waals surface area contributed by atoms with E-state index in [1.807, 2.05) is 32.9 Å². The summed E-state index contributed by atoms with van der Waals surface area (Å²) in [6.07, 6.45) is 2.25. The fraction of sp³-hybridized carbons (Fsp3) is 0.579. The van der Waals surface area contributed by atoms with Crippen molar-refractivity contribution in [1.29, 1.82) is 0 Å². The zero-order valence-corrected chi connectivity index (χ0v) is 16.5. The lowest BCUT2D eigenvalue weighted by atomic mass is 10.1. The van der Waals surface area contributed by atoms with Gasteiger partial charge in [-0.15, -0.1) is 0 Å². The van der Waals surface area contributed by atoms with Crippen molar-refractivity contribution in [3.63, 3.8) is 0 Å². The van der Waals surface area contributed by atoms with Crippen LogP contribution in [-0.2, 0) is 14.3 Å². The summed E-state index contributed by atoms with van der Waals surface area (Å²) in [5.74, 6) is 0.0305. The fourth-order valence-corrected chi connectivity index (χ4v) is 3.14.